The Kier molecular flexibility index (Phi) is 4.79. The lowest BCUT2D eigenvalue weighted by Gasteiger charge is -2.03. The van der Waals surface area contributed by atoms with Crippen LogP contribution in [0, 0.1) is 0 Å². The number of benzene rings is 2. The number of nitrogens with zero attached hydrogens (tertiary/aromatic N) is 4. The smallest absolute Gasteiger partial charge is 0.114 e. The molecule has 3 aromatic heterocycles. The SMILES string of the molecule is C/C=C/c1ccc(-c2ccc(-c3ccc(/C=C/C)c4nsnc34)s2)c2nsnc12. The Morgan fingerprint density at radius 1 is 0.586 bits per heavy atom. The van der Waals surface area contributed by atoms with E-state index in [1.165, 1.54) is 33.2 Å². The lowest BCUT2D eigenvalue weighted by Crippen LogP contribution is -1.82. The normalized spacial score (nSPS) is 12.2. The molecule has 3 heterocycles. The second-order valence-corrected chi connectivity index (χ2v) is 8.63. The summed E-state index contributed by atoms with van der Waals surface area (Å²) in [5.74, 6) is 0. The molecule has 7 heteroatoms. The molecule has 5 aromatic rings. The molecule has 0 saturated heterocycles. The summed E-state index contributed by atoms with van der Waals surface area (Å²) in [6.45, 7) is 4.03. The van der Waals surface area contributed by atoms with Crippen LogP contribution in [0.4, 0.5) is 0 Å². The number of hydrogen-bond acceptors (Lipinski definition) is 7. The van der Waals surface area contributed by atoms with E-state index in [1.54, 1.807) is 11.3 Å². The molecule has 0 aliphatic carbocycles. The van der Waals surface area contributed by atoms with Crippen molar-refractivity contribution in [1.29, 1.82) is 0 Å². The minimum Gasteiger partial charge on any atom is -0.172 e. The van der Waals surface area contributed by atoms with Crippen LogP contribution in [0.25, 0.3) is 55.1 Å². The summed E-state index contributed by atoms with van der Waals surface area (Å²) in [7, 11) is 0. The molecule has 0 fully saturated rings. The van der Waals surface area contributed by atoms with Gasteiger partial charge in [-0.25, -0.2) is 0 Å². The van der Waals surface area contributed by atoms with Crippen molar-refractivity contribution in [3.8, 4) is 20.9 Å². The Morgan fingerprint density at radius 3 is 1.48 bits per heavy atom. The highest BCUT2D eigenvalue weighted by Gasteiger charge is 2.16. The van der Waals surface area contributed by atoms with Gasteiger partial charge >= 0.3 is 0 Å². The summed E-state index contributed by atoms with van der Waals surface area (Å²) in [4.78, 5) is 2.36. The molecule has 0 amide bonds. The Balaban J connectivity index is 1.63. The Morgan fingerprint density at radius 2 is 1.03 bits per heavy atom. The van der Waals surface area contributed by atoms with E-state index in [4.69, 9.17) is 0 Å². The average molecular weight is 433 g/mol. The average Bonchev–Trinajstić information content (AvgIpc) is 3.49. The van der Waals surface area contributed by atoms with E-state index in [0.29, 0.717) is 0 Å². The number of hydrogen-bond donors (Lipinski definition) is 0. The number of allylic oxidation sites excluding steroid dienone is 2. The standard InChI is InChI=1S/C22H16N4S3/c1-3-5-13-7-9-15(21-19(13)23-28-25-21)17-11-12-18(27-17)16-10-8-14(6-4-2)20-22(16)26-29-24-20/h3-12H,1-2H3/b5-3+,6-4+. The summed E-state index contributed by atoms with van der Waals surface area (Å²) in [5, 5.41) is 0. The molecule has 0 radical (unpaired) electrons. The van der Waals surface area contributed by atoms with Gasteiger partial charge in [0.2, 0.25) is 0 Å². The van der Waals surface area contributed by atoms with Crippen molar-refractivity contribution in [2.75, 3.05) is 0 Å². The summed E-state index contributed by atoms with van der Waals surface area (Å²) in [5.41, 5.74) is 8.29. The lowest BCUT2D eigenvalue weighted by atomic mass is 10.1. The minimum atomic E-state index is 0.961. The molecule has 0 unspecified atom stereocenters. The predicted octanol–water partition coefficient (Wildman–Crippen LogP) is 7.16. The molecule has 0 atom stereocenters. The molecule has 0 aliphatic rings. The van der Waals surface area contributed by atoms with Crippen molar-refractivity contribution in [3.63, 3.8) is 0 Å². The van der Waals surface area contributed by atoms with E-state index < -0.39 is 0 Å². The van der Waals surface area contributed by atoms with Gasteiger partial charge in [-0.2, -0.15) is 17.5 Å². The summed E-state index contributed by atoms with van der Waals surface area (Å²) in [6, 6.07) is 12.8. The van der Waals surface area contributed by atoms with Crippen molar-refractivity contribution >= 4 is 69.0 Å². The zero-order valence-corrected chi connectivity index (χ0v) is 18.2. The van der Waals surface area contributed by atoms with Gasteiger partial charge in [-0.15, -0.1) is 11.3 Å². The summed E-state index contributed by atoms with van der Waals surface area (Å²) < 4.78 is 18.2. The van der Waals surface area contributed by atoms with Crippen LogP contribution < -0.4 is 0 Å². The highest BCUT2D eigenvalue weighted by Crippen LogP contribution is 2.40. The molecule has 0 bridgehead atoms. The van der Waals surface area contributed by atoms with E-state index in [1.807, 2.05) is 26.0 Å². The van der Waals surface area contributed by atoms with Gasteiger partial charge in [0.15, 0.2) is 0 Å². The Labute approximate surface area is 180 Å². The first kappa shape index (κ1) is 18.3. The van der Waals surface area contributed by atoms with Gasteiger partial charge in [0.25, 0.3) is 0 Å². The van der Waals surface area contributed by atoms with Crippen LogP contribution in [0.15, 0.2) is 48.6 Å². The van der Waals surface area contributed by atoms with Crippen molar-refractivity contribution in [1.82, 2.24) is 17.5 Å². The van der Waals surface area contributed by atoms with Gasteiger partial charge in [0, 0.05) is 32.0 Å². The van der Waals surface area contributed by atoms with Crippen LogP contribution in [-0.4, -0.2) is 17.5 Å². The molecule has 0 saturated carbocycles. The number of aromatic nitrogens is 4. The molecule has 2 aromatic carbocycles. The van der Waals surface area contributed by atoms with Crippen molar-refractivity contribution < 1.29 is 0 Å². The number of fused-ring (bicyclic) bond motifs is 2. The molecule has 0 N–H and O–H groups in total. The maximum atomic E-state index is 4.57. The number of thiophene rings is 1. The number of rotatable bonds is 4. The molecular weight excluding hydrogens is 416 g/mol. The lowest BCUT2D eigenvalue weighted by molar-refractivity contribution is 1.60. The molecule has 0 spiro atoms. The minimum absolute atomic E-state index is 0.961. The largest absolute Gasteiger partial charge is 0.172 e. The molecule has 4 nitrogen and oxygen atoms in total. The third-order valence-electron chi connectivity index (χ3n) is 4.72. The van der Waals surface area contributed by atoms with Gasteiger partial charge in [-0.05, 0) is 26.0 Å². The van der Waals surface area contributed by atoms with E-state index in [9.17, 15) is 0 Å². The van der Waals surface area contributed by atoms with Crippen LogP contribution >= 0.6 is 34.8 Å². The van der Waals surface area contributed by atoms with E-state index in [-0.39, 0.29) is 0 Å². The van der Waals surface area contributed by atoms with Gasteiger partial charge < -0.3 is 0 Å². The monoisotopic (exact) mass is 432 g/mol. The van der Waals surface area contributed by atoms with Crippen LogP contribution in [0.2, 0.25) is 0 Å². The van der Waals surface area contributed by atoms with Crippen LogP contribution in [-0.2, 0) is 0 Å². The van der Waals surface area contributed by atoms with Gasteiger partial charge in [0.1, 0.15) is 22.1 Å². The molecule has 142 valence electrons. The maximum Gasteiger partial charge on any atom is 0.114 e. The van der Waals surface area contributed by atoms with E-state index in [2.05, 4.69) is 66.0 Å². The first-order valence-corrected chi connectivity index (χ1v) is 11.4. The molecule has 0 aliphatic heterocycles. The van der Waals surface area contributed by atoms with Gasteiger partial charge in [-0.1, -0.05) is 48.6 Å². The van der Waals surface area contributed by atoms with Crippen LogP contribution in [0.1, 0.15) is 25.0 Å². The predicted molar refractivity (Wildman–Crippen MR) is 127 cm³/mol. The van der Waals surface area contributed by atoms with Crippen LogP contribution in [0.5, 0.6) is 0 Å². The fourth-order valence-electron chi connectivity index (χ4n) is 3.42. The fraction of sp³-hybridized carbons (Fsp3) is 0.0909. The van der Waals surface area contributed by atoms with Crippen molar-refractivity contribution in [3.05, 3.63) is 59.7 Å². The Bertz CT molecular complexity index is 1280. The van der Waals surface area contributed by atoms with E-state index >= 15 is 0 Å². The maximum absolute atomic E-state index is 4.57. The molecule has 29 heavy (non-hydrogen) atoms. The first-order chi connectivity index (χ1) is 14.3. The second kappa shape index (κ2) is 7.59. The zero-order valence-electron chi connectivity index (χ0n) is 15.8. The quantitative estimate of drug-likeness (QED) is 0.302. The summed E-state index contributed by atoms with van der Waals surface area (Å²) in [6.07, 6.45) is 8.21. The highest BCUT2D eigenvalue weighted by molar-refractivity contribution is 7.19. The summed E-state index contributed by atoms with van der Waals surface area (Å²) >= 11 is 4.27. The zero-order chi connectivity index (χ0) is 19.8. The van der Waals surface area contributed by atoms with Crippen LogP contribution in [0.3, 0.4) is 0 Å². The third-order valence-corrected chi connectivity index (χ3v) is 6.93. The van der Waals surface area contributed by atoms with Crippen molar-refractivity contribution in [2.45, 2.75) is 13.8 Å². The third kappa shape index (κ3) is 3.11. The topological polar surface area (TPSA) is 51.6 Å². The first-order valence-electron chi connectivity index (χ1n) is 9.16. The molecule has 5 rings (SSSR count). The Hall–Kier alpha value is -2.74. The van der Waals surface area contributed by atoms with E-state index in [0.717, 1.165) is 44.3 Å². The van der Waals surface area contributed by atoms with Crippen molar-refractivity contribution in [2.24, 2.45) is 0 Å². The second-order valence-electron chi connectivity index (χ2n) is 6.49. The molecular formula is C22H16N4S3. The fourth-order valence-corrected chi connectivity index (χ4v) is 5.64. The highest BCUT2D eigenvalue weighted by atomic mass is 32.1. The van der Waals surface area contributed by atoms with Gasteiger partial charge in [0.05, 0.1) is 23.5 Å². The van der Waals surface area contributed by atoms with Gasteiger partial charge in [-0.3, -0.25) is 0 Å².